The van der Waals surface area contributed by atoms with Gasteiger partial charge in [0.15, 0.2) is 0 Å². The van der Waals surface area contributed by atoms with Crippen molar-refractivity contribution in [2.24, 2.45) is 11.8 Å². The predicted molar refractivity (Wildman–Crippen MR) is 146 cm³/mol. The fourth-order valence-corrected chi connectivity index (χ4v) is 5.96. The Balaban J connectivity index is 1.23. The van der Waals surface area contributed by atoms with Gasteiger partial charge in [-0.15, -0.1) is 0 Å². The summed E-state index contributed by atoms with van der Waals surface area (Å²) in [5.74, 6) is 0.475. The van der Waals surface area contributed by atoms with E-state index in [1.807, 2.05) is 0 Å². The summed E-state index contributed by atoms with van der Waals surface area (Å²) in [5, 5.41) is 5.69. The second kappa shape index (κ2) is 12.1. The molecule has 2 heterocycles. The normalized spacial score (nSPS) is 22.8. The molecule has 2 aliphatic rings. The molecule has 1 unspecified atom stereocenters. The van der Waals surface area contributed by atoms with Crippen molar-refractivity contribution in [2.45, 2.75) is 38.3 Å². The Kier molecular flexibility index (Phi) is 8.37. The van der Waals surface area contributed by atoms with Crippen molar-refractivity contribution in [1.82, 2.24) is 15.1 Å². The predicted octanol–water partition coefficient (Wildman–Crippen LogP) is 5.10. The number of amides is 1. The minimum atomic E-state index is -0.302. The molecule has 37 heavy (non-hydrogen) atoms. The van der Waals surface area contributed by atoms with E-state index in [4.69, 9.17) is 4.74 Å². The summed E-state index contributed by atoms with van der Waals surface area (Å²) in [7, 11) is 2.18. The standard InChI is InChI=1S/C31H38FN3O2/c1-34-15-5-9-29(34)13-14-33-31(36)27-17-24(22-37-30-10-4-8-28(32)18-30)20-35(21-27)19-23-11-12-25-6-2-3-7-26(25)16-23/h2-4,6-8,10-12,16,18,24,27,29H,5,9,13-15,17,19-22H2,1H3,(H,33,36)/t24-,27+,29?/m0/s1. The molecule has 3 aromatic carbocycles. The summed E-state index contributed by atoms with van der Waals surface area (Å²) < 4.78 is 19.6. The maximum Gasteiger partial charge on any atom is 0.224 e. The van der Waals surface area contributed by atoms with Gasteiger partial charge in [0, 0.05) is 44.2 Å². The number of carbonyl (C=O) groups excluding carboxylic acids is 1. The van der Waals surface area contributed by atoms with Crippen LogP contribution in [0.5, 0.6) is 5.75 Å². The van der Waals surface area contributed by atoms with Crippen LogP contribution >= 0.6 is 0 Å². The first-order valence-electron chi connectivity index (χ1n) is 13.6. The lowest BCUT2D eigenvalue weighted by Gasteiger charge is -2.37. The highest BCUT2D eigenvalue weighted by molar-refractivity contribution is 5.83. The van der Waals surface area contributed by atoms with E-state index < -0.39 is 0 Å². The SMILES string of the molecule is CN1CCCC1CCNC(=O)[C@@H]1C[C@H](COc2cccc(F)c2)CN(Cc2ccc3ccccc3c2)C1. The smallest absolute Gasteiger partial charge is 0.224 e. The van der Waals surface area contributed by atoms with Gasteiger partial charge in [0.05, 0.1) is 12.5 Å². The fourth-order valence-electron chi connectivity index (χ4n) is 5.96. The van der Waals surface area contributed by atoms with Gasteiger partial charge >= 0.3 is 0 Å². The summed E-state index contributed by atoms with van der Waals surface area (Å²) in [6, 6.07) is 21.8. The van der Waals surface area contributed by atoms with E-state index in [0.717, 1.165) is 45.6 Å². The number of rotatable bonds is 9. The lowest BCUT2D eigenvalue weighted by atomic mass is 9.88. The summed E-state index contributed by atoms with van der Waals surface area (Å²) >= 11 is 0. The Morgan fingerprint density at radius 3 is 2.73 bits per heavy atom. The van der Waals surface area contributed by atoms with E-state index in [1.54, 1.807) is 12.1 Å². The number of hydrogen-bond acceptors (Lipinski definition) is 4. The highest BCUT2D eigenvalue weighted by Gasteiger charge is 2.32. The molecule has 1 amide bonds. The quantitative estimate of drug-likeness (QED) is 0.442. The third kappa shape index (κ3) is 6.88. The zero-order valence-corrected chi connectivity index (χ0v) is 21.7. The Morgan fingerprint density at radius 2 is 1.92 bits per heavy atom. The van der Waals surface area contributed by atoms with Crippen molar-refractivity contribution in [3.8, 4) is 5.75 Å². The molecule has 2 saturated heterocycles. The van der Waals surface area contributed by atoms with E-state index >= 15 is 0 Å². The maximum atomic E-state index is 13.6. The second-order valence-electron chi connectivity index (χ2n) is 10.8. The van der Waals surface area contributed by atoms with Crippen LogP contribution in [0.15, 0.2) is 66.7 Å². The lowest BCUT2D eigenvalue weighted by molar-refractivity contribution is -0.127. The molecule has 196 valence electrons. The molecular weight excluding hydrogens is 465 g/mol. The van der Waals surface area contributed by atoms with Crippen LogP contribution in [0.25, 0.3) is 10.8 Å². The van der Waals surface area contributed by atoms with Crippen LogP contribution in [0.1, 0.15) is 31.2 Å². The Labute approximate surface area is 219 Å². The van der Waals surface area contributed by atoms with Crippen molar-refractivity contribution in [3.63, 3.8) is 0 Å². The van der Waals surface area contributed by atoms with Crippen molar-refractivity contribution < 1.29 is 13.9 Å². The van der Waals surface area contributed by atoms with Crippen LogP contribution in [0.3, 0.4) is 0 Å². The molecule has 0 aromatic heterocycles. The lowest BCUT2D eigenvalue weighted by Crippen LogP contribution is -2.47. The third-order valence-corrected chi connectivity index (χ3v) is 7.93. The van der Waals surface area contributed by atoms with Gasteiger partial charge in [-0.3, -0.25) is 9.69 Å². The van der Waals surface area contributed by atoms with Crippen molar-refractivity contribution >= 4 is 16.7 Å². The molecule has 3 aromatic rings. The number of piperidine rings is 1. The number of benzene rings is 3. The summed E-state index contributed by atoms with van der Waals surface area (Å²) in [5.41, 5.74) is 1.24. The van der Waals surface area contributed by atoms with Crippen LogP contribution in [-0.4, -0.2) is 61.6 Å². The first kappa shape index (κ1) is 25.7. The summed E-state index contributed by atoms with van der Waals surface area (Å²) in [6.07, 6.45) is 4.24. The van der Waals surface area contributed by atoms with Crippen molar-refractivity contribution in [3.05, 3.63) is 78.1 Å². The average molecular weight is 504 g/mol. The first-order chi connectivity index (χ1) is 18.0. The molecule has 5 rings (SSSR count). The van der Waals surface area contributed by atoms with Crippen LogP contribution in [-0.2, 0) is 11.3 Å². The van der Waals surface area contributed by atoms with E-state index in [2.05, 4.69) is 64.6 Å². The molecule has 5 nitrogen and oxygen atoms in total. The topological polar surface area (TPSA) is 44.8 Å². The van der Waals surface area contributed by atoms with E-state index in [-0.39, 0.29) is 23.6 Å². The van der Waals surface area contributed by atoms with Crippen LogP contribution in [0, 0.1) is 17.7 Å². The Bertz CT molecular complexity index is 1200. The van der Waals surface area contributed by atoms with E-state index in [1.165, 1.54) is 41.3 Å². The molecule has 3 atom stereocenters. The highest BCUT2D eigenvalue weighted by Crippen LogP contribution is 2.26. The third-order valence-electron chi connectivity index (χ3n) is 7.93. The van der Waals surface area contributed by atoms with Crippen molar-refractivity contribution in [1.29, 1.82) is 0 Å². The molecule has 0 bridgehead atoms. The molecule has 2 fully saturated rings. The number of ether oxygens (including phenoxy) is 1. The van der Waals surface area contributed by atoms with Gasteiger partial charge in [-0.25, -0.2) is 4.39 Å². The number of fused-ring (bicyclic) bond motifs is 1. The van der Waals surface area contributed by atoms with Gasteiger partial charge in [-0.2, -0.15) is 0 Å². The van der Waals surface area contributed by atoms with Gasteiger partial charge in [0.2, 0.25) is 5.91 Å². The highest BCUT2D eigenvalue weighted by atomic mass is 19.1. The number of nitrogens with zero attached hydrogens (tertiary/aromatic N) is 2. The van der Waals surface area contributed by atoms with Crippen LogP contribution in [0.2, 0.25) is 0 Å². The number of halogens is 1. The zero-order valence-electron chi connectivity index (χ0n) is 21.7. The zero-order chi connectivity index (χ0) is 25.6. The first-order valence-corrected chi connectivity index (χ1v) is 13.6. The second-order valence-corrected chi connectivity index (χ2v) is 10.8. The monoisotopic (exact) mass is 503 g/mol. The molecule has 2 aliphatic heterocycles. The summed E-state index contributed by atoms with van der Waals surface area (Å²) in [6.45, 7) is 4.71. The fraction of sp³-hybridized carbons (Fsp3) is 0.452. The van der Waals surface area contributed by atoms with E-state index in [0.29, 0.717) is 18.4 Å². The molecular formula is C31H38FN3O2. The Hall–Kier alpha value is -2.96. The number of likely N-dealkylation sites (tertiary alicyclic amines) is 2. The average Bonchev–Trinajstić information content (AvgIpc) is 3.31. The van der Waals surface area contributed by atoms with Gasteiger partial charge in [-0.1, -0.05) is 42.5 Å². The number of nitrogens with one attached hydrogen (secondary N) is 1. The number of carbonyl (C=O) groups is 1. The molecule has 0 radical (unpaired) electrons. The Morgan fingerprint density at radius 1 is 1.05 bits per heavy atom. The minimum absolute atomic E-state index is 0.0865. The number of hydrogen-bond donors (Lipinski definition) is 1. The van der Waals surface area contributed by atoms with Gasteiger partial charge in [0.25, 0.3) is 0 Å². The molecule has 1 N–H and O–H groups in total. The molecule has 6 heteroatoms. The largest absolute Gasteiger partial charge is 0.493 e. The summed E-state index contributed by atoms with van der Waals surface area (Å²) in [4.78, 5) is 18.0. The van der Waals surface area contributed by atoms with Crippen LogP contribution in [0.4, 0.5) is 4.39 Å². The molecule has 0 aliphatic carbocycles. The van der Waals surface area contributed by atoms with Crippen molar-refractivity contribution in [2.75, 3.05) is 39.8 Å². The molecule has 0 spiro atoms. The van der Waals surface area contributed by atoms with Gasteiger partial charge in [0.1, 0.15) is 11.6 Å². The van der Waals surface area contributed by atoms with Gasteiger partial charge < -0.3 is 15.0 Å². The maximum absolute atomic E-state index is 13.6. The minimum Gasteiger partial charge on any atom is -0.493 e. The van der Waals surface area contributed by atoms with Gasteiger partial charge in [-0.05, 0) is 73.8 Å². The van der Waals surface area contributed by atoms with Crippen LogP contribution < -0.4 is 10.1 Å². The van der Waals surface area contributed by atoms with E-state index in [9.17, 15) is 9.18 Å². The molecule has 0 saturated carbocycles.